The first-order valence-corrected chi connectivity index (χ1v) is 8.29. The smallest absolute Gasteiger partial charge is 0.0408 e. The Morgan fingerprint density at radius 3 is 2.73 bits per heavy atom. The topological polar surface area (TPSA) is 29.3 Å². The zero-order chi connectivity index (χ0) is 15.5. The molecule has 116 valence electrons. The van der Waals surface area contributed by atoms with Gasteiger partial charge in [-0.1, -0.05) is 35.9 Å². The number of rotatable bonds is 3. The Balaban J connectivity index is 1.73. The summed E-state index contributed by atoms with van der Waals surface area (Å²) in [6.07, 6.45) is 2.12. The second kappa shape index (κ2) is 6.72. The number of aryl methyl sites for hydroxylation is 1. The molecule has 2 aromatic rings. The van der Waals surface area contributed by atoms with E-state index in [0.29, 0.717) is 5.92 Å². The van der Waals surface area contributed by atoms with Crippen LogP contribution in [-0.2, 0) is 6.42 Å². The standard InChI is InChI=1S/C19H23ClN2/c1-14-4-2-7-19(8-14)22-12-16(11-18(21)13-22)9-15-5-3-6-17(20)10-15/h2-8,10,16,18H,9,11-13,21H2,1H3. The molecule has 1 heterocycles. The summed E-state index contributed by atoms with van der Waals surface area (Å²) in [6, 6.07) is 17.1. The fraction of sp³-hybridized carbons (Fsp3) is 0.368. The number of benzene rings is 2. The molecule has 0 bridgehead atoms. The maximum Gasteiger partial charge on any atom is 0.0408 e. The van der Waals surface area contributed by atoms with Crippen LogP contribution >= 0.6 is 11.6 Å². The fourth-order valence-electron chi connectivity index (χ4n) is 3.43. The van der Waals surface area contributed by atoms with E-state index in [1.54, 1.807) is 0 Å². The molecule has 0 aliphatic carbocycles. The van der Waals surface area contributed by atoms with Crippen molar-refractivity contribution >= 4 is 17.3 Å². The summed E-state index contributed by atoms with van der Waals surface area (Å²) in [6.45, 7) is 4.13. The van der Waals surface area contributed by atoms with Crippen molar-refractivity contribution in [2.24, 2.45) is 11.7 Å². The van der Waals surface area contributed by atoms with E-state index in [4.69, 9.17) is 17.3 Å². The van der Waals surface area contributed by atoms with Crippen molar-refractivity contribution in [2.45, 2.75) is 25.8 Å². The molecule has 1 aliphatic rings. The highest BCUT2D eigenvalue weighted by molar-refractivity contribution is 6.30. The zero-order valence-electron chi connectivity index (χ0n) is 13.0. The number of nitrogens with two attached hydrogens (primary N) is 1. The van der Waals surface area contributed by atoms with Gasteiger partial charge in [0.15, 0.2) is 0 Å². The highest BCUT2D eigenvalue weighted by Crippen LogP contribution is 2.26. The Kier molecular flexibility index (Phi) is 4.70. The molecule has 2 aromatic carbocycles. The SMILES string of the molecule is Cc1cccc(N2CC(N)CC(Cc3cccc(Cl)c3)C2)c1. The summed E-state index contributed by atoms with van der Waals surface area (Å²) < 4.78 is 0. The highest BCUT2D eigenvalue weighted by atomic mass is 35.5. The molecular weight excluding hydrogens is 292 g/mol. The van der Waals surface area contributed by atoms with Gasteiger partial charge in [0.25, 0.3) is 0 Å². The minimum Gasteiger partial charge on any atom is -0.370 e. The predicted molar refractivity (Wildman–Crippen MR) is 94.6 cm³/mol. The van der Waals surface area contributed by atoms with Crippen molar-refractivity contribution in [3.63, 3.8) is 0 Å². The van der Waals surface area contributed by atoms with E-state index >= 15 is 0 Å². The fourth-order valence-corrected chi connectivity index (χ4v) is 3.64. The van der Waals surface area contributed by atoms with Gasteiger partial charge in [0.2, 0.25) is 0 Å². The highest BCUT2D eigenvalue weighted by Gasteiger charge is 2.25. The Hall–Kier alpha value is -1.51. The molecule has 3 rings (SSSR count). The van der Waals surface area contributed by atoms with Crippen molar-refractivity contribution in [3.8, 4) is 0 Å². The van der Waals surface area contributed by atoms with Crippen LogP contribution in [0.1, 0.15) is 17.5 Å². The lowest BCUT2D eigenvalue weighted by atomic mass is 9.88. The molecule has 2 atom stereocenters. The van der Waals surface area contributed by atoms with E-state index in [2.05, 4.69) is 48.2 Å². The number of piperidine rings is 1. The van der Waals surface area contributed by atoms with Crippen molar-refractivity contribution in [3.05, 3.63) is 64.7 Å². The summed E-state index contributed by atoms with van der Waals surface area (Å²) >= 11 is 6.10. The molecule has 2 unspecified atom stereocenters. The zero-order valence-corrected chi connectivity index (χ0v) is 13.8. The predicted octanol–water partition coefficient (Wildman–Crippen LogP) is 4.04. The number of anilines is 1. The van der Waals surface area contributed by atoms with Crippen LogP contribution in [0.25, 0.3) is 0 Å². The Labute approximate surface area is 137 Å². The van der Waals surface area contributed by atoms with Gasteiger partial charge < -0.3 is 10.6 Å². The van der Waals surface area contributed by atoms with Crippen LogP contribution < -0.4 is 10.6 Å². The van der Waals surface area contributed by atoms with Gasteiger partial charge in [0.1, 0.15) is 0 Å². The molecule has 2 nitrogen and oxygen atoms in total. The van der Waals surface area contributed by atoms with Gasteiger partial charge in [-0.05, 0) is 61.1 Å². The molecule has 3 heteroatoms. The van der Waals surface area contributed by atoms with E-state index in [9.17, 15) is 0 Å². The summed E-state index contributed by atoms with van der Waals surface area (Å²) in [4.78, 5) is 2.43. The van der Waals surface area contributed by atoms with Crippen LogP contribution in [0.15, 0.2) is 48.5 Å². The lowest BCUT2D eigenvalue weighted by Crippen LogP contribution is -2.47. The minimum atomic E-state index is 0.235. The molecule has 2 N–H and O–H groups in total. The second-order valence-corrected chi connectivity index (χ2v) is 6.88. The van der Waals surface area contributed by atoms with Crippen molar-refractivity contribution < 1.29 is 0 Å². The molecule has 0 saturated carbocycles. The van der Waals surface area contributed by atoms with Crippen molar-refractivity contribution in [1.82, 2.24) is 0 Å². The monoisotopic (exact) mass is 314 g/mol. The first-order chi connectivity index (χ1) is 10.6. The van der Waals surface area contributed by atoms with Crippen LogP contribution in [0.5, 0.6) is 0 Å². The maximum atomic E-state index is 6.31. The van der Waals surface area contributed by atoms with E-state index in [1.165, 1.54) is 16.8 Å². The second-order valence-electron chi connectivity index (χ2n) is 6.44. The maximum absolute atomic E-state index is 6.31. The van der Waals surface area contributed by atoms with Crippen LogP contribution in [0.4, 0.5) is 5.69 Å². The molecule has 0 radical (unpaired) electrons. The van der Waals surface area contributed by atoms with Crippen molar-refractivity contribution in [1.29, 1.82) is 0 Å². The summed E-state index contributed by atoms with van der Waals surface area (Å²) in [5.41, 5.74) is 10.2. The van der Waals surface area contributed by atoms with E-state index < -0.39 is 0 Å². The molecule has 0 spiro atoms. The lowest BCUT2D eigenvalue weighted by Gasteiger charge is -2.38. The number of halogens is 1. The Morgan fingerprint density at radius 1 is 1.14 bits per heavy atom. The van der Waals surface area contributed by atoms with Gasteiger partial charge in [-0.2, -0.15) is 0 Å². The summed E-state index contributed by atoms with van der Waals surface area (Å²) in [5.74, 6) is 0.572. The van der Waals surface area contributed by atoms with E-state index in [1.807, 2.05) is 12.1 Å². The molecular formula is C19H23ClN2. The largest absolute Gasteiger partial charge is 0.370 e. The average molecular weight is 315 g/mol. The van der Waals surface area contributed by atoms with Gasteiger partial charge in [-0.3, -0.25) is 0 Å². The van der Waals surface area contributed by atoms with Crippen LogP contribution in [0.2, 0.25) is 5.02 Å². The van der Waals surface area contributed by atoms with Gasteiger partial charge in [-0.25, -0.2) is 0 Å². The van der Waals surface area contributed by atoms with Crippen LogP contribution in [0, 0.1) is 12.8 Å². The molecule has 22 heavy (non-hydrogen) atoms. The third-order valence-corrected chi connectivity index (χ3v) is 4.58. The normalized spacial score (nSPS) is 21.9. The van der Waals surface area contributed by atoms with Gasteiger partial charge in [0, 0.05) is 29.8 Å². The summed E-state index contributed by atoms with van der Waals surface area (Å²) in [5, 5.41) is 0.813. The van der Waals surface area contributed by atoms with E-state index in [-0.39, 0.29) is 6.04 Å². The van der Waals surface area contributed by atoms with Crippen LogP contribution in [0.3, 0.4) is 0 Å². The lowest BCUT2D eigenvalue weighted by molar-refractivity contribution is 0.374. The van der Waals surface area contributed by atoms with Crippen molar-refractivity contribution in [2.75, 3.05) is 18.0 Å². The Bertz CT molecular complexity index is 641. The average Bonchev–Trinajstić information content (AvgIpc) is 2.46. The van der Waals surface area contributed by atoms with E-state index in [0.717, 1.165) is 31.0 Å². The first kappa shape index (κ1) is 15.4. The molecule has 1 fully saturated rings. The number of hydrogen-bond acceptors (Lipinski definition) is 2. The number of hydrogen-bond donors (Lipinski definition) is 1. The van der Waals surface area contributed by atoms with Gasteiger partial charge in [-0.15, -0.1) is 0 Å². The first-order valence-electron chi connectivity index (χ1n) is 7.92. The third kappa shape index (κ3) is 3.82. The molecule has 0 aromatic heterocycles. The minimum absolute atomic E-state index is 0.235. The van der Waals surface area contributed by atoms with Crippen LogP contribution in [-0.4, -0.2) is 19.1 Å². The molecule has 1 aliphatic heterocycles. The van der Waals surface area contributed by atoms with Gasteiger partial charge >= 0.3 is 0 Å². The Morgan fingerprint density at radius 2 is 1.95 bits per heavy atom. The van der Waals surface area contributed by atoms with Gasteiger partial charge in [0.05, 0.1) is 0 Å². The number of nitrogens with zero attached hydrogens (tertiary/aromatic N) is 1. The third-order valence-electron chi connectivity index (χ3n) is 4.35. The quantitative estimate of drug-likeness (QED) is 0.926. The summed E-state index contributed by atoms with van der Waals surface area (Å²) in [7, 11) is 0. The molecule has 1 saturated heterocycles. The molecule has 0 amide bonds.